The molecule has 0 aliphatic heterocycles. The number of hydrazine groups is 1. The molecule has 8 heteroatoms. The third-order valence-electron chi connectivity index (χ3n) is 3.69. The molecule has 2 N–H and O–H groups in total. The molecule has 0 saturated carbocycles. The summed E-state index contributed by atoms with van der Waals surface area (Å²) in [5.41, 5.74) is 6.18. The van der Waals surface area contributed by atoms with Crippen LogP contribution in [0.25, 0.3) is 10.6 Å². The van der Waals surface area contributed by atoms with Crippen LogP contribution in [0, 0.1) is 0 Å². The van der Waals surface area contributed by atoms with E-state index in [1.807, 2.05) is 6.07 Å². The summed E-state index contributed by atoms with van der Waals surface area (Å²) in [7, 11) is 3.12. The van der Waals surface area contributed by atoms with E-state index in [2.05, 4.69) is 15.8 Å². The summed E-state index contributed by atoms with van der Waals surface area (Å²) < 4.78 is 10.5. The minimum atomic E-state index is -0.498. The fourth-order valence-electron chi connectivity index (χ4n) is 2.32. The summed E-state index contributed by atoms with van der Waals surface area (Å²) in [6.07, 6.45) is 0. The maximum Gasteiger partial charge on any atom is 0.289 e. The Morgan fingerprint density at radius 3 is 2.33 bits per heavy atom. The predicted molar refractivity (Wildman–Crippen MR) is 102 cm³/mol. The number of amides is 2. The van der Waals surface area contributed by atoms with Crippen LogP contribution in [0.1, 0.15) is 20.8 Å². The van der Waals surface area contributed by atoms with Gasteiger partial charge in [0.05, 0.1) is 14.2 Å². The van der Waals surface area contributed by atoms with Crippen molar-refractivity contribution in [2.75, 3.05) is 14.2 Å². The Morgan fingerprint density at radius 1 is 0.926 bits per heavy atom. The molecule has 7 nitrogen and oxygen atoms in total. The molecule has 3 rings (SSSR count). The molecule has 2 amide bonds. The predicted octanol–water partition coefficient (Wildman–Crippen LogP) is 2.90. The van der Waals surface area contributed by atoms with E-state index < -0.39 is 11.8 Å². The lowest BCUT2D eigenvalue weighted by atomic mass is 10.2. The molecule has 0 spiro atoms. The average molecular weight is 383 g/mol. The molecule has 0 saturated heterocycles. The molecular formula is C19H17N3O4S. The van der Waals surface area contributed by atoms with Crippen LogP contribution in [-0.4, -0.2) is 31.0 Å². The Hall–Kier alpha value is -3.39. The largest absolute Gasteiger partial charge is 0.493 e. The Labute approximate surface area is 159 Å². The van der Waals surface area contributed by atoms with Crippen LogP contribution in [0.15, 0.2) is 53.9 Å². The highest BCUT2D eigenvalue weighted by molar-refractivity contribution is 7.13. The van der Waals surface area contributed by atoms with Gasteiger partial charge in [-0.2, -0.15) is 0 Å². The fraction of sp³-hybridized carbons (Fsp3) is 0.105. The number of benzene rings is 2. The van der Waals surface area contributed by atoms with Crippen molar-refractivity contribution in [1.29, 1.82) is 0 Å². The smallest absolute Gasteiger partial charge is 0.289 e. The topological polar surface area (TPSA) is 89.5 Å². The second kappa shape index (κ2) is 8.33. The zero-order chi connectivity index (χ0) is 19.2. The zero-order valence-corrected chi connectivity index (χ0v) is 15.5. The number of ether oxygens (including phenoxy) is 2. The van der Waals surface area contributed by atoms with Gasteiger partial charge in [0.1, 0.15) is 10.7 Å². The molecule has 0 unspecified atom stereocenters. The van der Waals surface area contributed by atoms with Gasteiger partial charge in [0.25, 0.3) is 11.8 Å². The number of hydrogen-bond acceptors (Lipinski definition) is 6. The second-order valence-corrected chi connectivity index (χ2v) is 6.24. The second-order valence-electron chi connectivity index (χ2n) is 5.38. The SMILES string of the molecule is COc1ccc(-c2nc(C(=O)NNC(=O)c3ccccc3)cs2)cc1OC. The number of aromatic nitrogens is 1. The van der Waals surface area contributed by atoms with Crippen molar-refractivity contribution in [3.05, 3.63) is 65.2 Å². The molecule has 3 aromatic rings. The van der Waals surface area contributed by atoms with Crippen LogP contribution < -0.4 is 20.3 Å². The van der Waals surface area contributed by atoms with Gasteiger partial charge >= 0.3 is 0 Å². The Morgan fingerprint density at radius 2 is 1.63 bits per heavy atom. The molecular weight excluding hydrogens is 366 g/mol. The summed E-state index contributed by atoms with van der Waals surface area (Å²) in [5.74, 6) is 0.285. The molecule has 138 valence electrons. The van der Waals surface area contributed by atoms with Gasteiger partial charge in [-0.25, -0.2) is 4.98 Å². The van der Waals surface area contributed by atoms with E-state index in [0.717, 1.165) is 5.56 Å². The maximum absolute atomic E-state index is 12.2. The molecule has 0 aliphatic rings. The number of rotatable bonds is 5. The van der Waals surface area contributed by atoms with Crippen LogP contribution in [0.5, 0.6) is 11.5 Å². The molecule has 27 heavy (non-hydrogen) atoms. The van der Waals surface area contributed by atoms with Gasteiger partial charge in [-0.05, 0) is 30.3 Å². The minimum Gasteiger partial charge on any atom is -0.493 e. The van der Waals surface area contributed by atoms with Crippen molar-refractivity contribution in [3.63, 3.8) is 0 Å². The highest BCUT2D eigenvalue weighted by Crippen LogP contribution is 2.33. The van der Waals surface area contributed by atoms with Crippen molar-refractivity contribution in [2.24, 2.45) is 0 Å². The first-order valence-corrected chi connectivity index (χ1v) is 8.84. The average Bonchev–Trinajstić information content (AvgIpc) is 3.22. The first-order chi connectivity index (χ1) is 13.1. The van der Waals surface area contributed by atoms with Crippen LogP contribution in [0.3, 0.4) is 0 Å². The normalized spacial score (nSPS) is 10.1. The van der Waals surface area contributed by atoms with E-state index in [0.29, 0.717) is 22.1 Å². The van der Waals surface area contributed by atoms with E-state index in [-0.39, 0.29) is 5.69 Å². The van der Waals surface area contributed by atoms with Crippen molar-refractivity contribution in [2.45, 2.75) is 0 Å². The van der Waals surface area contributed by atoms with Crippen molar-refractivity contribution in [3.8, 4) is 22.1 Å². The third-order valence-corrected chi connectivity index (χ3v) is 4.58. The van der Waals surface area contributed by atoms with Crippen molar-refractivity contribution < 1.29 is 19.1 Å². The third kappa shape index (κ3) is 4.24. The molecule has 2 aromatic carbocycles. The van der Waals surface area contributed by atoms with Gasteiger partial charge in [-0.15, -0.1) is 11.3 Å². The van der Waals surface area contributed by atoms with Gasteiger partial charge in [-0.1, -0.05) is 18.2 Å². The lowest BCUT2D eigenvalue weighted by Crippen LogP contribution is -2.41. The summed E-state index contributed by atoms with van der Waals surface area (Å²) in [6, 6.07) is 14.0. The number of nitrogens with one attached hydrogen (secondary N) is 2. The Kier molecular flexibility index (Phi) is 5.68. The highest BCUT2D eigenvalue weighted by atomic mass is 32.1. The number of carbonyl (C=O) groups excluding carboxylic acids is 2. The molecule has 1 heterocycles. The van der Waals surface area contributed by atoms with E-state index in [4.69, 9.17) is 9.47 Å². The van der Waals surface area contributed by atoms with Crippen LogP contribution in [0.4, 0.5) is 0 Å². The van der Waals surface area contributed by atoms with E-state index >= 15 is 0 Å². The number of hydrogen-bond donors (Lipinski definition) is 2. The number of thiazole rings is 1. The zero-order valence-electron chi connectivity index (χ0n) is 14.7. The number of methoxy groups -OCH3 is 2. The van der Waals surface area contributed by atoms with Gasteiger partial charge in [0, 0.05) is 16.5 Å². The molecule has 0 atom stereocenters. The van der Waals surface area contributed by atoms with Gasteiger partial charge in [0.2, 0.25) is 0 Å². The lowest BCUT2D eigenvalue weighted by molar-refractivity contribution is 0.0844. The standard InChI is InChI=1S/C19H17N3O4S/c1-25-15-9-8-13(10-16(15)26-2)19-20-14(11-27-19)18(24)22-21-17(23)12-6-4-3-5-7-12/h3-11H,1-2H3,(H,21,23)(H,22,24). The molecule has 0 aliphatic carbocycles. The van der Waals surface area contributed by atoms with Crippen LogP contribution in [0.2, 0.25) is 0 Å². The Bertz CT molecular complexity index is 957. The van der Waals surface area contributed by atoms with E-state index in [9.17, 15) is 9.59 Å². The highest BCUT2D eigenvalue weighted by Gasteiger charge is 2.14. The first kappa shape index (κ1) is 18.4. The number of carbonyl (C=O) groups is 2. The van der Waals surface area contributed by atoms with E-state index in [1.54, 1.807) is 62.1 Å². The van der Waals surface area contributed by atoms with Gasteiger partial charge < -0.3 is 9.47 Å². The van der Waals surface area contributed by atoms with Crippen LogP contribution >= 0.6 is 11.3 Å². The summed E-state index contributed by atoms with van der Waals surface area (Å²) in [5, 5.41) is 2.27. The quantitative estimate of drug-likeness (QED) is 0.661. The summed E-state index contributed by atoms with van der Waals surface area (Å²) in [4.78, 5) is 28.5. The molecule has 1 aromatic heterocycles. The first-order valence-electron chi connectivity index (χ1n) is 7.96. The molecule has 0 fully saturated rings. The minimum absolute atomic E-state index is 0.207. The lowest BCUT2D eigenvalue weighted by Gasteiger charge is -2.08. The summed E-state index contributed by atoms with van der Waals surface area (Å²) >= 11 is 1.31. The monoisotopic (exact) mass is 383 g/mol. The van der Waals surface area contributed by atoms with Gasteiger partial charge in [0.15, 0.2) is 11.5 Å². The van der Waals surface area contributed by atoms with Crippen LogP contribution in [-0.2, 0) is 0 Å². The Balaban J connectivity index is 1.68. The summed E-state index contributed by atoms with van der Waals surface area (Å²) in [6.45, 7) is 0. The fourth-order valence-corrected chi connectivity index (χ4v) is 3.12. The molecule has 0 bridgehead atoms. The maximum atomic E-state index is 12.2. The van der Waals surface area contributed by atoms with Gasteiger partial charge in [-0.3, -0.25) is 20.4 Å². The molecule has 0 radical (unpaired) electrons. The van der Waals surface area contributed by atoms with E-state index in [1.165, 1.54) is 11.3 Å². The van der Waals surface area contributed by atoms with Crippen molar-refractivity contribution >= 4 is 23.2 Å². The number of nitrogens with zero attached hydrogens (tertiary/aromatic N) is 1. The van der Waals surface area contributed by atoms with Crippen molar-refractivity contribution in [1.82, 2.24) is 15.8 Å².